The van der Waals surface area contributed by atoms with Crippen LogP contribution in [0.3, 0.4) is 0 Å². The SMILES string of the molecule is CC(C)c1noc(N2CCC([C@H]3C[C@H]3COCc3ccc(CC(=O)N4CC(F)C4)cc3F)CC2)n1. The summed E-state index contributed by atoms with van der Waals surface area (Å²) in [5, 5.41) is 4.07. The Morgan fingerprint density at radius 3 is 2.69 bits per heavy atom. The third kappa shape index (κ3) is 5.66. The van der Waals surface area contributed by atoms with Crippen LogP contribution in [0.15, 0.2) is 22.7 Å². The van der Waals surface area contributed by atoms with E-state index in [1.54, 1.807) is 12.1 Å². The van der Waals surface area contributed by atoms with Gasteiger partial charge in [0.2, 0.25) is 5.91 Å². The van der Waals surface area contributed by atoms with Crippen molar-refractivity contribution in [3.63, 3.8) is 0 Å². The van der Waals surface area contributed by atoms with Crippen LogP contribution >= 0.6 is 0 Å². The summed E-state index contributed by atoms with van der Waals surface area (Å²) < 4.78 is 38.7. The number of carbonyl (C=O) groups excluding carboxylic acids is 1. The zero-order chi connectivity index (χ0) is 24.5. The smallest absolute Gasteiger partial charge is 0.324 e. The Hall–Kier alpha value is -2.55. The molecule has 5 rings (SSSR count). The molecule has 0 radical (unpaired) electrons. The van der Waals surface area contributed by atoms with Crippen molar-refractivity contribution in [1.82, 2.24) is 15.0 Å². The second kappa shape index (κ2) is 10.2. The first-order chi connectivity index (χ1) is 16.9. The molecule has 3 heterocycles. The third-order valence-corrected chi connectivity index (χ3v) is 7.59. The topological polar surface area (TPSA) is 71.7 Å². The highest BCUT2D eigenvalue weighted by molar-refractivity contribution is 5.79. The highest BCUT2D eigenvalue weighted by Crippen LogP contribution is 2.48. The van der Waals surface area contributed by atoms with Crippen molar-refractivity contribution in [1.29, 1.82) is 0 Å². The molecule has 0 spiro atoms. The van der Waals surface area contributed by atoms with E-state index in [0.717, 1.165) is 31.8 Å². The molecule has 3 fully saturated rings. The number of anilines is 1. The van der Waals surface area contributed by atoms with Gasteiger partial charge in [-0.15, -0.1) is 0 Å². The predicted octanol–water partition coefficient (Wildman–Crippen LogP) is 4.12. The molecular weight excluding hydrogens is 454 g/mol. The average molecular weight is 489 g/mol. The lowest BCUT2D eigenvalue weighted by Gasteiger charge is -2.34. The summed E-state index contributed by atoms with van der Waals surface area (Å²) >= 11 is 0. The van der Waals surface area contributed by atoms with E-state index in [1.165, 1.54) is 17.4 Å². The van der Waals surface area contributed by atoms with Crippen molar-refractivity contribution in [2.75, 3.05) is 37.7 Å². The minimum Gasteiger partial charge on any atom is -0.376 e. The van der Waals surface area contributed by atoms with Gasteiger partial charge in [0.05, 0.1) is 32.7 Å². The van der Waals surface area contributed by atoms with Crippen LogP contribution in [0.1, 0.15) is 56.0 Å². The monoisotopic (exact) mass is 488 g/mol. The van der Waals surface area contributed by atoms with Gasteiger partial charge in [-0.2, -0.15) is 4.98 Å². The van der Waals surface area contributed by atoms with Crippen LogP contribution in [0.2, 0.25) is 0 Å². The summed E-state index contributed by atoms with van der Waals surface area (Å²) in [5.74, 6) is 2.39. The second-order valence-corrected chi connectivity index (χ2v) is 10.6. The van der Waals surface area contributed by atoms with Gasteiger partial charge >= 0.3 is 6.01 Å². The number of piperidine rings is 1. The molecule has 1 saturated carbocycles. The van der Waals surface area contributed by atoms with Crippen LogP contribution in [0.5, 0.6) is 0 Å². The highest BCUT2D eigenvalue weighted by atomic mass is 19.1. The van der Waals surface area contributed by atoms with E-state index in [0.29, 0.717) is 41.5 Å². The van der Waals surface area contributed by atoms with Gasteiger partial charge in [-0.05, 0) is 48.6 Å². The van der Waals surface area contributed by atoms with Crippen LogP contribution in [0, 0.1) is 23.6 Å². The number of amides is 1. The number of nitrogens with zero attached hydrogens (tertiary/aromatic N) is 4. The van der Waals surface area contributed by atoms with Crippen molar-refractivity contribution >= 4 is 11.9 Å². The molecule has 2 aromatic rings. The van der Waals surface area contributed by atoms with Gasteiger partial charge in [-0.25, -0.2) is 8.78 Å². The zero-order valence-electron chi connectivity index (χ0n) is 20.5. The minimum atomic E-state index is -0.927. The predicted molar refractivity (Wildman–Crippen MR) is 126 cm³/mol. The first kappa shape index (κ1) is 24.2. The van der Waals surface area contributed by atoms with Gasteiger partial charge in [-0.1, -0.05) is 31.1 Å². The van der Waals surface area contributed by atoms with Gasteiger partial charge < -0.3 is 19.1 Å². The van der Waals surface area contributed by atoms with Crippen LogP contribution in [-0.4, -0.2) is 59.9 Å². The molecule has 0 N–H and O–H groups in total. The highest BCUT2D eigenvalue weighted by Gasteiger charge is 2.44. The quantitative estimate of drug-likeness (QED) is 0.529. The Balaban J connectivity index is 1.02. The number of hydrogen-bond acceptors (Lipinski definition) is 6. The molecule has 7 nitrogen and oxygen atoms in total. The lowest BCUT2D eigenvalue weighted by atomic mass is 9.91. The number of rotatable bonds is 9. The minimum absolute atomic E-state index is 0.0960. The van der Waals surface area contributed by atoms with E-state index in [-0.39, 0.29) is 43.8 Å². The summed E-state index contributed by atoms with van der Waals surface area (Å²) in [5.41, 5.74) is 1.10. The summed E-state index contributed by atoms with van der Waals surface area (Å²) in [4.78, 5) is 20.2. The van der Waals surface area contributed by atoms with Crippen molar-refractivity contribution < 1.29 is 22.8 Å². The Bertz CT molecular complexity index is 1030. The first-order valence-corrected chi connectivity index (χ1v) is 12.7. The van der Waals surface area contributed by atoms with E-state index in [1.807, 2.05) is 0 Å². The Labute approximate surface area is 204 Å². The standard InChI is InChI=1S/C26H34F2N4O3/c1-16(2)25-29-26(35-30-25)31-7-5-18(6-8-31)22-11-20(22)15-34-14-19-4-3-17(9-23(19)28)10-24(33)32-12-21(27)13-32/h3-4,9,16,18,20-22H,5-8,10-15H2,1-2H3/t20-,22+/m0/s1. The number of benzene rings is 1. The number of alkyl halides is 1. The van der Waals surface area contributed by atoms with Gasteiger partial charge in [0.25, 0.3) is 0 Å². The molecule has 1 aliphatic carbocycles. The van der Waals surface area contributed by atoms with E-state index < -0.39 is 6.17 Å². The molecule has 3 aliphatic rings. The van der Waals surface area contributed by atoms with Crippen molar-refractivity contribution in [2.24, 2.45) is 17.8 Å². The van der Waals surface area contributed by atoms with Gasteiger partial charge in [0.15, 0.2) is 5.82 Å². The van der Waals surface area contributed by atoms with Gasteiger partial charge in [0.1, 0.15) is 12.0 Å². The van der Waals surface area contributed by atoms with Gasteiger partial charge in [0, 0.05) is 24.6 Å². The summed E-state index contributed by atoms with van der Waals surface area (Å²) in [6, 6.07) is 5.47. The van der Waals surface area contributed by atoms with Crippen molar-refractivity contribution in [3.05, 3.63) is 41.0 Å². The first-order valence-electron chi connectivity index (χ1n) is 12.7. The second-order valence-electron chi connectivity index (χ2n) is 10.6. The number of carbonyl (C=O) groups is 1. The molecule has 2 saturated heterocycles. The van der Waals surface area contributed by atoms with Crippen LogP contribution < -0.4 is 4.90 Å². The Morgan fingerprint density at radius 1 is 1.26 bits per heavy atom. The lowest BCUT2D eigenvalue weighted by Crippen LogP contribution is -2.52. The van der Waals surface area contributed by atoms with E-state index >= 15 is 0 Å². The molecule has 1 aromatic heterocycles. The molecule has 0 unspecified atom stereocenters. The van der Waals surface area contributed by atoms with E-state index in [9.17, 15) is 13.6 Å². The normalized spacial score (nSPS) is 23.1. The lowest BCUT2D eigenvalue weighted by molar-refractivity contribution is -0.137. The fourth-order valence-electron chi connectivity index (χ4n) is 5.20. The summed E-state index contributed by atoms with van der Waals surface area (Å²) in [6.07, 6.45) is 2.56. The maximum atomic E-state index is 14.5. The number of ether oxygens (including phenoxy) is 1. The Kier molecular flexibility index (Phi) is 7.05. The van der Waals surface area contributed by atoms with Crippen LogP contribution in [0.25, 0.3) is 0 Å². The molecule has 2 aliphatic heterocycles. The molecule has 2 atom stereocenters. The number of hydrogen-bond donors (Lipinski definition) is 0. The van der Waals surface area contributed by atoms with E-state index in [2.05, 4.69) is 28.9 Å². The molecule has 1 amide bonds. The summed E-state index contributed by atoms with van der Waals surface area (Å²) in [6.45, 7) is 7.14. The largest absolute Gasteiger partial charge is 0.376 e. The summed E-state index contributed by atoms with van der Waals surface area (Å²) in [7, 11) is 0. The molecule has 190 valence electrons. The van der Waals surface area contributed by atoms with E-state index in [4.69, 9.17) is 9.26 Å². The Morgan fingerprint density at radius 2 is 2.03 bits per heavy atom. The van der Waals surface area contributed by atoms with Crippen LogP contribution in [-0.2, 0) is 22.6 Å². The number of likely N-dealkylation sites (tertiary alicyclic amines) is 1. The average Bonchev–Trinajstić information content (AvgIpc) is 3.41. The van der Waals surface area contributed by atoms with Crippen molar-refractivity contribution in [2.45, 2.75) is 58.2 Å². The number of aromatic nitrogens is 2. The number of halogens is 2. The van der Waals surface area contributed by atoms with Crippen molar-refractivity contribution in [3.8, 4) is 0 Å². The maximum absolute atomic E-state index is 14.5. The molecular formula is C26H34F2N4O3. The fourth-order valence-corrected chi connectivity index (χ4v) is 5.20. The zero-order valence-corrected chi connectivity index (χ0v) is 20.5. The molecule has 0 bridgehead atoms. The molecule has 1 aromatic carbocycles. The maximum Gasteiger partial charge on any atom is 0.324 e. The van der Waals surface area contributed by atoms with Crippen LogP contribution in [0.4, 0.5) is 14.8 Å². The molecule has 35 heavy (non-hydrogen) atoms. The van der Waals surface area contributed by atoms with Gasteiger partial charge in [-0.3, -0.25) is 4.79 Å². The third-order valence-electron chi connectivity index (χ3n) is 7.59. The molecule has 9 heteroatoms. The fraction of sp³-hybridized carbons (Fsp3) is 0.654.